The maximum Gasteiger partial charge on any atom is 0.409 e. The van der Waals surface area contributed by atoms with Gasteiger partial charge in [0.2, 0.25) is 0 Å². The van der Waals surface area contributed by atoms with Crippen molar-refractivity contribution in [3.63, 3.8) is 0 Å². The van der Waals surface area contributed by atoms with Gasteiger partial charge in [-0.25, -0.2) is 18.4 Å². The third kappa shape index (κ3) is 5.83. The number of rotatable bonds is 7. The second-order valence-electron chi connectivity index (χ2n) is 5.93. The van der Waals surface area contributed by atoms with Gasteiger partial charge in [-0.1, -0.05) is 13.8 Å². The molecule has 0 aliphatic carbocycles. The lowest BCUT2D eigenvalue weighted by Crippen LogP contribution is -2.37. The van der Waals surface area contributed by atoms with Crippen LogP contribution in [-0.2, 0) is 0 Å². The second kappa shape index (κ2) is 9.54. The minimum absolute atomic E-state index is 0.0610. The molecule has 0 aliphatic heterocycles. The van der Waals surface area contributed by atoms with Crippen molar-refractivity contribution in [3.05, 3.63) is 48.0 Å². The monoisotopic (exact) mass is 393 g/mol. The second-order valence-corrected chi connectivity index (χ2v) is 5.93. The first-order chi connectivity index (χ1) is 13.3. The maximum atomic E-state index is 14.3. The van der Waals surface area contributed by atoms with Gasteiger partial charge >= 0.3 is 12.1 Å². The van der Waals surface area contributed by atoms with Gasteiger partial charge in [0.25, 0.3) is 0 Å². The Hall–Kier alpha value is -3.36. The summed E-state index contributed by atoms with van der Waals surface area (Å²) < 4.78 is 33.8. The molecule has 0 heterocycles. The van der Waals surface area contributed by atoms with Gasteiger partial charge in [0, 0.05) is 23.9 Å². The Morgan fingerprint density at radius 3 is 2.25 bits per heavy atom. The molecule has 7 nitrogen and oxygen atoms in total. The largest absolute Gasteiger partial charge is 0.465 e. The number of carbonyl (C=O) groups excluding carboxylic acids is 1. The summed E-state index contributed by atoms with van der Waals surface area (Å²) in [6.45, 7) is 3.82. The van der Waals surface area contributed by atoms with Crippen LogP contribution >= 0.6 is 0 Å². The lowest BCUT2D eigenvalue weighted by Gasteiger charge is -2.16. The summed E-state index contributed by atoms with van der Waals surface area (Å²) in [6.07, 6.45) is 0.209. The van der Waals surface area contributed by atoms with Crippen molar-refractivity contribution < 1.29 is 28.2 Å². The number of anilines is 2. The van der Waals surface area contributed by atoms with Crippen molar-refractivity contribution in [2.45, 2.75) is 32.7 Å². The number of amides is 3. The average molecular weight is 393 g/mol. The van der Waals surface area contributed by atoms with E-state index in [1.807, 2.05) is 13.8 Å². The summed E-state index contributed by atoms with van der Waals surface area (Å²) >= 11 is 0. The molecule has 28 heavy (non-hydrogen) atoms. The molecule has 2 aromatic carbocycles. The van der Waals surface area contributed by atoms with E-state index in [-0.39, 0.29) is 23.2 Å². The van der Waals surface area contributed by atoms with Crippen molar-refractivity contribution >= 4 is 23.5 Å². The molecule has 2 rings (SSSR count). The van der Waals surface area contributed by atoms with Crippen molar-refractivity contribution in [2.75, 3.05) is 10.6 Å². The van der Waals surface area contributed by atoms with Crippen LogP contribution in [0.25, 0.3) is 0 Å². The van der Waals surface area contributed by atoms with Crippen molar-refractivity contribution in [1.82, 2.24) is 5.32 Å². The minimum Gasteiger partial charge on any atom is -0.465 e. The van der Waals surface area contributed by atoms with Gasteiger partial charge in [0.15, 0.2) is 17.4 Å². The Kier molecular flexibility index (Phi) is 7.14. The lowest BCUT2D eigenvalue weighted by atomic mass is 10.2. The first-order valence-electron chi connectivity index (χ1n) is 8.66. The lowest BCUT2D eigenvalue weighted by molar-refractivity contribution is 0.209. The molecule has 0 unspecified atom stereocenters. The van der Waals surface area contributed by atoms with Crippen LogP contribution in [-0.4, -0.2) is 23.3 Å². The number of carboxylic acid groups (broad SMARTS) is 1. The molecule has 0 bridgehead atoms. The van der Waals surface area contributed by atoms with E-state index >= 15 is 0 Å². The molecule has 0 saturated carbocycles. The molecule has 0 radical (unpaired) electrons. The Morgan fingerprint density at radius 1 is 1.04 bits per heavy atom. The first kappa shape index (κ1) is 20.9. The summed E-state index contributed by atoms with van der Waals surface area (Å²) in [6, 6.07) is 6.60. The van der Waals surface area contributed by atoms with E-state index in [1.165, 1.54) is 24.3 Å². The molecule has 0 atom stereocenters. The van der Waals surface area contributed by atoms with Crippen LogP contribution in [0.15, 0.2) is 36.4 Å². The fourth-order valence-electron chi connectivity index (χ4n) is 2.40. The molecule has 0 spiro atoms. The number of hydrogen-bond acceptors (Lipinski definition) is 3. The molecule has 0 aliphatic rings. The van der Waals surface area contributed by atoms with Gasteiger partial charge in [0.1, 0.15) is 5.75 Å². The van der Waals surface area contributed by atoms with Crippen molar-refractivity contribution in [2.24, 2.45) is 0 Å². The highest BCUT2D eigenvalue weighted by molar-refractivity contribution is 5.89. The topological polar surface area (TPSA) is 99.7 Å². The molecule has 9 heteroatoms. The third-order valence-electron chi connectivity index (χ3n) is 3.92. The van der Waals surface area contributed by atoms with E-state index < -0.39 is 23.8 Å². The number of urea groups is 1. The highest BCUT2D eigenvalue weighted by Gasteiger charge is 2.15. The van der Waals surface area contributed by atoms with E-state index in [0.29, 0.717) is 18.5 Å². The Morgan fingerprint density at radius 2 is 1.68 bits per heavy atom. The van der Waals surface area contributed by atoms with Crippen LogP contribution in [0.1, 0.15) is 26.7 Å². The van der Waals surface area contributed by atoms with Crippen LogP contribution in [0.4, 0.5) is 29.7 Å². The predicted molar refractivity (Wildman–Crippen MR) is 101 cm³/mol. The summed E-state index contributed by atoms with van der Waals surface area (Å²) in [4.78, 5) is 22.5. The number of halogens is 2. The van der Waals surface area contributed by atoms with Gasteiger partial charge in [-0.05, 0) is 37.1 Å². The van der Waals surface area contributed by atoms with Crippen LogP contribution in [0, 0.1) is 11.6 Å². The normalized spacial score (nSPS) is 10.5. The van der Waals surface area contributed by atoms with Gasteiger partial charge in [0.05, 0.1) is 5.69 Å². The van der Waals surface area contributed by atoms with Crippen LogP contribution in [0.3, 0.4) is 0 Å². The summed E-state index contributed by atoms with van der Waals surface area (Å²) in [5, 5.41) is 15.7. The summed E-state index contributed by atoms with van der Waals surface area (Å²) in [5.41, 5.74) is -0.0103. The Balaban J connectivity index is 2.08. The number of nitrogens with one attached hydrogen (secondary N) is 3. The van der Waals surface area contributed by atoms with Crippen LogP contribution in [0.2, 0.25) is 0 Å². The number of benzene rings is 2. The zero-order chi connectivity index (χ0) is 20.7. The van der Waals surface area contributed by atoms with E-state index in [0.717, 1.165) is 12.1 Å². The zero-order valence-electron chi connectivity index (χ0n) is 15.4. The predicted octanol–water partition coefficient (Wildman–Crippen LogP) is 5.16. The molecule has 4 N–H and O–H groups in total. The smallest absolute Gasteiger partial charge is 0.409 e. The van der Waals surface area contributed by atoms with E-state index in [2.05, 4.69) is 16.0 Å². The van der Waals surface area contributed by atoms with E-state index in [1.54, 1.807) is 0 Å². The maximum absolute atomic E-state index is 14.3. The highest BCUT2D eigenvalue weighted by atomic mass is 19.1. The van der Waals surface area contributed by atoms with E-state index in [4.69, 9.17) is 9.84 Å². The van der Waals surface area contributed by atoms with Gasteiger partial charge < -0.3 is 20.5 Å². The van der Waals surface area contributed by atoms with Crippen molar-refractivity contribution in [3.8, 4) is 11.5 Å². The highest BCUT2D eigenvalue weighted by Crippen LogP contribution is 2.29. The van der Waals surface area contributed by atoms with Gasteiger partial charge in [-0.3, -0.25) is 5.32 Å². The number of carbonyl (C=O) groups is 2. The molecule has 3 amide bonds. The first-order valence-corrected chi connectivity index (χ1v) is 8.66. The SMILES string of the molecule is CCC(CC)NC(=O)Nc1cc(F)c(Oc2ccc(NC(=O)O)cc2)cc1F. The Bertz CT molecular complexity index is 840. The van der Waals surface area contributed by atoms with Crippen molar-refractivity contribution in [1.29, 1.82) is 0 Å². The van der Waals surface area contributed by atoms with Gasteiger partial charge in [-0.2, -0.15) is 0 Å². The average Bonchev–Trinajstić information content (AvgIpc) is 2.65. The fraction of sp³-hybridized carbons (Fsp3) is 0.263. The minimum atomic E-state index is -1.22. The Labute approximate surface area is 160 Å². The van der Waals surface area contributed by atoms with Gasteiger partial charge in [-0.15, -0.1) is 0 Å². The van der Waals surface area contributed by atoms with E-state index in [9.17, 15) is 18.4 Å². The molecular weight excluding hydrogens is 372 g/mol. The number of hydrogen-bond donors (Lipinski definition) is 4. The quantitative estimate of drug-likeness (QED) is 0.522. The molecule has 150 valence electrons. The van der Waals surface area contributed by atoms with Crippen LogP contribution in [0.5, 0.6) is 11.5 Å². The molecule has 2 aromatic rings. The number of ether oxygens (including phenoxy) is 1. The molecular formula is C19H21F2N3O4. The fourth-order valence-corrected chi connectivity index (χ4v) is 2.40. The third-order valence-corrected chi connectivity index (χ3v) is 3.92. The van der Waals surface area contributed by atoms with Crippen LogP contribution < -0.4 is 20.7 Å². The molecule has 0 saturated heterocycles. The zero-order valence-corrected chi connectivity index (χ0v) is 15.4. The molecule has 0 aromatic heterocycles. The standard InChI is InChI=1S/C19H21F2N3O4/c1-3-11(4-2)22-18(25)24-16-9-15(21)17(10-14(16)20)28-13-7-5-12(6-8-13)23-19(26)27/h5-11,23H,3-4H2,1-2H3,(H,26,27)(H2,22,24,25). The summed E-state index contributed by atoms with van der Waals surface area (Å²) in [5.74, 6) is -1.92. The molecule has 0 fully saturated rings. The summed E-state index contributed by atoms with van der Waals surface area (Å²) in [7, 11) is 0.